The molecule has 2 aromatic rings. The number of aromatic nitrogens is 2. The second-order valence-electron chi connectivity index (χ2n) is 8.10. The number of hydrogen-bond acceptors (Lipinski definition) is 7. The molecule has 0 saturated carbocycles. The number of carbonyl (C=O) groups excluding carboxylic acids is 3. The Balaban J connectivity index is 1.48. The first-order valence-electron chi connectivity index (χ1n) is 10.1. The van der Waals surface area contributed by atoms with Crippen molar-refractivity contribution in [3.63, 3.8) is 0 Å². The van der Waals surface area contributed by atoms with Crippen LogP contribution in [0.5, 0.6) is 0 Å². The summed E-state index contributed by atoms with van der Waals surface area (Å²) in [5, 5.41) is 8.74. The highest BCUT2D eigenvalue weighted by molar-refractivity contribution is 7.03. The third-order valence-corrected chi connectivity index (χ3v) is 6.01. The van der Waals surface area contributed by atoms with E-state index in [-0.39, 0.29) is 36.2 Å². The minimum absolute atomic E-state index is 0.0567. The molecule has 8 nitrogen and oxygen atoms in total. The van der Waals surface area contributed by atoms with Crippen LogP contribution in [-0.2, 0) is 14.3 Å². The normalized spacial score (nSPS) is 21.7. The van der Waals surface area contributed by atoms with Crippen molar-refractivity contribution in [2.24, 2.45) is 5.92 Å². The molecule has 1 aromatic heterocycles. The van der Waals surface area contributed by atoms with Gasteiger partial charge in [0.25, 0.3) is 5.91 Å². The van der Waals surface area contributed by atoms with Gasteiger partial charge in [0.1, 0.15) is 24.4 Å². The number of nitrogens with zero attached hydrogens (tertiary/aromatic N) is 3. The van der Waals surface area contributed by atoms with Crippen LogP contribution < -0.4 is 5.32 Å². The van der Waals surface area contributed by atoms with Crippen molar-refractivity contribution >= 4 is 29.1 Å². The fraction of sp³-hybridized carbons (Fsp3) is 0.476. The Morgan fingerprint density at radius 3 is 2.73 bits per heavy atom. The van der Waals surface area contributed by atoms with E-state index in [1.165, 1.54) is 11.5 Å². The lowest BCUT2D eigenvalue weighted by Gasteiger charge is -2.28. The molecule has 3 atom stereocenters. The van der Waals surface area contributed by atoms with E-state index in [1.54, 1.807) is 17.0 Å². The topological polar surface area (TPSA) is 101 Å². The van der Waals surface area contributed by atoms with E-state index in [1.807, 2.05) is 31.4 Å². The number of hydrogen-bond donors (Lipinski definition) is 1. The van der Waals surface area contributed by atoms with Gasteiger partial charge in [0, 0.05) is 23.1 Å². The zero-order valence-corrected chi connectivity index (χ0v) is 17.7. The molecule has 2 aliphatic heterocycles. The van der Waals surface area contributed by atoms with Crippen molar-refractivity contribution in [1.82, 2.24) is 19.8 Å². The lowest BCUT2D eigenvalue weighted by Crippen LogP contribution is -2.52. The van der Waals surface area contributed by atoms with Gasteiger partial charge in [-0.2, -0.15) is 0 Å². The molecule has 1 aromatic carbocycles. The molecule has 4 rings (SSSR count). The molecule has 9 heteroatoms. The minimum atomic E-state index is -0.688. The van der Waals surface area contributed by atoms with Crippen LogP contribution in [0.3, 0.4) is 0 Å². The molecule has 2 fully saturated rings. The minimum Gasteiger partial charge on any atom is -0.368 e. The lowest BCUT2D eigenvalue weighted by molar-refractivity contribution is -0.138. The third-order valence-electron chi connectivity index (χ3n) is 5.51. The van der Waals surface area contributed by atoms with E-state index >= 15 is 0 Å². The van der Waals surface area contributed by atoms with E-state index in [9.17, 15) is 14.4 Å². The summed E-state index contributed by atoms with van der Waals surface area (Å²) in [7, 11) is 0. The molecule has 2 aliphatic rings. The third kappa shape index (κ3) is 4.13. The Morgan fingerprint density at radius 1 is 1.30 bits per heavy atom. The number of nitrogens with one attached hydrogen (secondary N) is 1. The fourth-order valence-corrected chi connectivity index (χ4v) is 4.52. The summed E-state index contributed by atoms with van der Waals surface area (Å²) in [5.74, 6) is -0.393. The van der Waals surface area contributed by atoms with Gasteiger partial charge < -0.3 is 15.0 Å². The maximum atomic E-state index is 13.2. The first-order chi connectivity index (χ1) is 14.4. The van der Waals surface area contributed by atoms with Gasteiger partial charge in [0.15, 0.2) is 5.78 Å². The number of ketones is 1. The van der Waals surface area contributed by atoms with Crippen molar-refractivity contribution < 1.29 is 19.1 Å². The van der Waals surface area contributed by atoms with Crippen LogP contribution in [0, 0.1) is 5.92 Å². The Bertz CT molecular complexity index is 929. The van der Waals surface area contributed by atoms with E-state index < -0.39 is 12.1 Å². The SMILES string of the molecule is CC(C)CC(NC(=O)c1ccc(-c2csnn2)cc1)C(=O)N1CC[C@H]2OCC(=O)[C@H]21. The molecule has 0 radical (unpaired) electrons. The fourth-order valence-electron chi connectivity index (χ4n) is 4.06. The number of carbonyl (C=O) groups is 3. The second-order valence-corrected chi connectivity index (χ2v) is 8.71. The maximum absolute atomic E-state index is 13.2. The molecule has 0 aliphatic carbocycles. The van der Waals surface area contributed by atoms with Gasteiger partial charge in [-0.05, 0) is 42.4 Å². The second kappa shape index (κ2) is 8.61. The van der Waals surface area contributed by atoms with E-state index in [0.717, 1.165) is 11.3 Å². The van der Waals surface area contributed by atoms with Crippen molar-refractivity contribution in [3.05, 3.63) is 35.2 Å². The van der Waals surface area contributed by atoms with Gasteiger partial charge in [-0.25, -0.2) is 0 Å². The predicted octanol–water partition coefficient (Wildman–Crippen LogP) is 1.92. The van der Waals surface area contributed by atoms with Crippen LogP contribution >= 0.6 is 11.5 Å². The van der Waals surface area contributed by atoms with Crippen LogP contribution in [0.1, 0.15) is 37.0 Å². The van der Waals surface area contributed by atoms with Crippen LogP contribution in [0.2, 0.25) is 0 Å². The largest absolute Gasteiger partial charge is 0.368 e. The van der Waals surface area contributed by atoms with Gasteiger partial charge in [-0.15, -0.1) is 5.10 Å². The molecular formula is C21H24N4O4S. The number of Topliss-reactive ketones (excluding diaryl/α,β-unsaturated/α-hetero) is 1. The Labute approximate surface area is 178 Å². The summed E-state index contributed by atoms with van der Waals surface area (Å²) >= 11 is 1.27. The zero-order valence-electron chi connectivity index (χ0n) is 16.9. The van der Waals surface area contributed by atoms with Crippen LogP contribution in [-0.4, -0.2) is 63.4 Å². The number of ether oxygens (including phenoxy) is 1. The average Bonchev–Trinajstić information content (AvgIpc) is 3.46. The number of benzene rings is 1. The highest BCUT2D eigenvalue weighted by atomic mass is 32.1. The summed E-state index contributed by atoms with van der Waals surface area (Å²) in [6.45, 7) is 4.53. The molecule has 1 N–H and O–H groups in total. The van der Waals surface area contributed by atoms with Crippen molar-refractivity contribution in [2.75, 3.05) is 13.2 Å². The van der Waals surface area contributed by atoms with Gasteiger partial charge >= 0.3 is 0 Å². The summed E-state index contributed by atoms with van der Waals surface area (Å²) in [6.07, 6.45) is 0.928. The predicted molar refractivity (Wildman–Crippen MR) is 111 cm³/mol. The monoisotopic (exact) mass is 428 g/mol. The molecule has 2 saturated heterocycles. The summed E-state index contributed by atoms with van der Waals surface area (Å²) < 4.78 is 9.33. The summed E-state index contributed by atoms with van der Waals surface area (Å²) in [6, 6.07) is 5.83. The van der Waals surface area contributed by atoms with Gasteiger partial charge in [-0.1, -0.05) is 30.5 Å². The average molecular weight is 429 g/mol. The molecule has 0 spiro atoms. The maximum Gasteiger partial charge on any atom is 0.251 e. The lowest BCUT2D eigenvalue weighted by atomic mass is 10.0. The van der Waals surface area contributed by atoms with Crippen LogP contribution in [0.15, 0.2) is 29.6 Å². The number of amides is 2. The van der Waals surface area contributed by atoms with Crippen LogP contribution in [0.25, 0.3) is 11.3 Å². The van der Waals surface area contributed by atoms with Crippen LogP contribution in [0.4, 0.5) is 0 Å². The molecule has 1 unspecified atom stereocenters. The highest BCUT2D eigenvalue weighted by Gasteiger charge is 2.48. The van der Waals surface area contributed by atoms with Crippen molar-refractivity contribution in [3.8, 4) is 11.3 Å². The first-order valence-corrected chi connectivity index (χ1v) is 10.9. The number of likely N-dealkylation sites (tertiary alicyclic amines) is 1. The van der Waals surface area contributed by atoms with Crippen molar-refractivity contribution in [1.29, 1.82) is 0 Å². The Morgan fingerprint density at radius 2 is 2.07 bits per heavy atom. The molecule has 0 bridgehead atoms. The highest BCUT2D eigenvalue weighted by Crippen LogP contribution is 2.28. The molecule has 2 amide bonds. The summed E-state index contributed by atoms with van der Waals surface area (Å²) in [4.78, 5) is 39.8. The Kier molecular flexibility index (Phi) is 5.92. The standard InChI is InChI=1S/C21H24N4O4S/c1-12(2)9-15(21(28)25-8-7-18-19(25)17(26)10-29-18)22-20(27)14-5-3-13(4-6-14)16-11-30-24-23-16/h3-6,11-12,15,18-19H,7-10H2,1-2H3,(H,22,27)/t15?,18-,19-/m1/s1. The smallest absolute Gasteiger partial charge is 0.251 e. The van der Waals surface area contributed by atoms with E-state index in [4.69, 9.17) is 4.74 Å². The molecule has 30 heavy (non-hydrogen) atoms. The molecule has 158 valence electrons. The molecular weight excluding hydrogens is 404 g/mol. The molecule has 3 heterocycles. The number of rotatable bonds is 6. The van der Waals surface area contributed by atoms with Gasteiger partial charge in [0.2, 0.25) is 5.91 Å². The van der Waals surface area contributed by atoms with Crippen molar-refractivity contribution in [2.45, 2.75) is 44.9 Å². The number of fused-ring (bicyclic) bond motifs is 1. The first kappa shape index (κ1) is 20.6. The van der Waals surface area contributed by atoms with Gasteiger partial charge in [0.05, 0.1) is 6.10 Å². The van der Waals surface area contributed by atoms with E-state index in [0.29, 0.717) is 24.9 Å². The Hall–Kier alpha value is -2.65. The zero-order chi connectivity index (χ0) is 21.3. The summed E-state index contributed by atoms with van der Waals surface area (Å²) in [5.41, 5.74) is 2.09. The quantitative estimate of drug-likeness (QED) is 0.754. The van der Waals surface area contributed by atoms with Gasteiger partial charge in [-0.3, -0.25) is 14.4 Å². The van der Waals surface area contributed by atoms with E-state index in [2.05, 4.69) is 14.9 Å².